The number of hydrogen-bond donors (Lipinski definition) is 1. The molecule has 2 aliphatic rings. The molecular weight excluding hydrogens is 312 g/mol. The predicted octanol–water partition coefficient (Wildman–Crippen LogP) is 1.62. The molecule has 1 unspecified atom stereocenters. The van der Waals surface area contributed by atoms with E-state index < -0.39 is 24.6 Å². The van der Waals surface area contributed by atoms with E-state index in [1.807, 2.05) is 37.3 Å². The van der Waals surface area contributed by atoms with Gasteiger partial charge in [-0.1, -0.05) is 36.4 Å². The van der Waals surface area contributed by atoms with Crippen molar-refractivity contribution in [1.29, 1.82) is 0 Å². The van der Waals surface area contributed by atoms with E-state index >= 15 is 0 Å². The summed E-state index contributed by atoms with van der Waals surface area (Å²) in [6.07, 6.45) is -1.83. The fourth-order valence-electron chi connectivity index (χ4n) is 2.94. The molecule has 2 saturated heterocycles. The zero-order valence-electron chi connectivity index (χ0n) is 13.7. The molecule has 0 saturated carbocycles. The van der Waals surface area contributed by atoms with Gasteiger partial charge >= 0.3 is 0 Å². The van der Waals surface area contributed by atoms with E-state index in [9.17, 15) is 5.11 Å². The fraction of sp³-hybridized carbons (Fsp3) is 0.556. The van der Waals surface area contributed by atoms with Gasteiger partial charge in [0.1, 0.15) is 24.4 Å². The van der Waals surface area contributed by atoms with E-state index in [1.54, 1.807) is 6.08 Å². The summed E-state index contributed by atoms with van der Waals surface area (Å²) in [5.74, 6) is 0. The van der Waals surface area contributed by atoms with Crippen molar-refractivity contribution in [3.63, 3.8) is 0 Å². The molecule has 2 heterocycles. The Bertz CT molecular complexity index is 522. The van der Waals surface area contributed by atoms with Gasteiger partial charge in [-0.2, -0.15) is 0 Å². The molecule has 0 spiro atoms. The first kappa shape index (κ1) is 17.5. The van der Waals surface area contributed by atoms with Crippen LogP contribution >= 0.6 is 0 Å². The molecular formula is C18H24O6. The van der Waals surface area contributed by atoms with Crippen LogP contribution < -0.4 is 0 Å². The second-order valence-corrected chi connectivity index (χ2v) is 5.92. The molecule has 6 heteroatoms. The van der Waals surface area contributed by atoms with E-state index in [1.165, 1.54) is 0 Å². The van der Waals surface area contributed by atoms with Gasteiger partial charge in [0.15, 0.2) is 12.6 Å². The van der Waals surface area contributed by atoms with Crippen LogP contribution in [0.2, 0.25) is 0 Å². The third-order valence-corrected chi connectivity index (χ3v) is 4.12. The van der Waals surface area contributed by atoms with E-state index in [2.05, 4.69) is 6.58 Å². The van der Waals surface area contributed by atoms with Crippen LogP contribution in [0.25, 0.3) is 0 Å². The molecule has 132 valence electrons. The van der Waals surface area contributed by atoms with E-state index in [0.717, 1.165) is 5.56 Å². The molecule has 1 N–H and O–H groups in total. The van der Waals surface area contributed by atoms with Crippen molar-refractivity contribution in [3.8, 4) is 0 Å². The van der Waals surface area contributed by atoms with Gasteiger partial charge in [-0.15, -0.1) is 6.58 Å². The van der Waals surface area contributed by atoms with Crippen LogP contribution in [0.15, 0.2) is 43.0 Å². The van der Waals surface area contributed by atoms with Crippen LogP contribution in [0.3, 0.4) is 0 Å². The van der Waals surface area contributed by atoms with Crippen molar-refractivity contribution in [2.24, 2.45) is 0 Å². The Hall–Kier alpha value is -1.28. The number of rotatable bonds is 6. The topological polar surface area (TPSA) is 66.4 Å². The van der Waals surface area contributed by atoms with Crippen LogP contribution in [-0.2, 0) is 30.3 Å². The van der Waals surface area contributed by atoms with Crippen molar-refractivity contribution in [2.45, 2.75) is 50.5 Å². The first-order chi connectivity index (χ1) is 11.7. The first-order valence-electron chi connectivity index (χ1n) is 8.17. The Morgan fingerprint density at radius 2 is 2.04 bits per heavy atom. The van der Waals surface area contributed by atoms with Crippen molar-refractivity contribution < 1.29 is 28.8 Å². The van der Waals surface area contributed by atoms with Crippen LogP contribution in [-0.4, -0.2) is 55.3 Å². The summed E-state index contributed by atoms with van der Waals surface area (Å²) in [5, 5.41) is 10.6. The molecule has 6 atom stereocenters. The number of benzene rings is 1. The summed E-state index contributed by atoms with van der Waals surface area (Å²) in [5.41, 5.74) is 1.02. The Kier molecular flexibility index (Phi) is 5.99. The lowest BCUT2D eigenvalue weighted by Crippen LogP contribution is -2.63. The average molecular weight is 336 g/mol. The van der Waals surface area contributed by atoms with Crippen molar-refractivity contribution in [1.82, 2.24) is 0 Å². The number of fused-ring (bicyclic) bond motifs is 1. The molecule has 0 amide bonds. The van der Waals surface area contributed by atoms with Gasteiger partial charge in [-0.3, -0.25) is 0 Å². The zero-order chi connectivity index (χ0) is 16.9. The van der Waals surface area contributed by atoms with Gasteiger partial charge in [0.05, 0.1) is 19.8 Å². The molecule has 3 rings (SSSR count). The lowest BCUT2D eigenvalue weighted by atomic mass is 9.98. The lowest BCUT2D eigenvalue weighted by molar-refractivity contribution is -0.360. The van der Waals surface area contributed by atoms with Crippen LogP contribution in [0.4, 0.5) is 0 Å². The number of aliphatic hydroxyl groups is 1. The molecule has 0 aliphatic carbocycles. The monoisotopic (exact) mass is 336 g/mol. The molecule has 6 nitrogen and oxygen atoms in total. The van der Waals surface area contributed by atoms with Gasteiger partial charge in [0.25, 0.3) is 0 Å². The summed E-state index contributed by atoms with van der Waals surface area (Å²) < 4.78 is 28.6. The smallest absolute Gasteiger partial charge is 0.187 e. The molecule has 2 aliphatic heterocycles. The minimum absolute atomic E-state index is 0.280. The molecule has 0 radical (unpaired) electrons. The minimum Gasteiger partial charge on any atom is -0.385 e. The highest BCUT2D eigenvalue weighted by atomic mass is 16.8. The summed E-state index contributed by atoms with van der Waals surface area (Å²) in [6.45, 7) is 6.46. The molecule has 2 fully saturated rings. The summed E-state index contributed by atoms with van der Waals surface area (Å²) in [4.78, 5) is 0. The maximum absolute atomic E-state index is 10.6. The second-order valence-electron chi connectivity index (χ2n) is 5.92. The van der Waals surface area contributed by atoms with Crippen molar-refractivity contribution >= 4 is 0 Å². The lowest BCUT2D eigenvalue weighted by Gasteiger charge is -2.47. The van der Waals surface area contributed by atoms with Gasteiger partial charge in [0, 0.05) is 0 Å². The number of hydrogen-bond acceptors (Lipinski definition) is 6. The molecule has 0 aromatic heterocycles. The second kappa shape index (κ2) is 8.20. The highest BCUT2D eigenvalue weighted by molar-refractivity contribution is 5.13. The molecule has 24 heavy (non-hydrogen) atoms. The fourth-order valence-corrected chi connectivity index (χ4v) is 2.94. The number of ether oxygens (including phenoxy) is 5. The van der Waals surface area contributed by atoms with Gasteiger partial charge in [-0.05, 0) is 12.5 Å². The Morgan fingerprint density at radius 3 is 2.79 bits per heavy atom. The number of aliphatic hydroxyl groups excluding tert-OH is 1. The normalized spacial score (nSPS) is 36.1. The van der Waals surface area contributed by atoms with Crippen molar-refractivity contribution in [3.05, 3.63) is 48.6 Å². The van der Waals surface area contributed by atoms with Gasteiger partial charge in [-0.25, -0.2) is 0 Å². The van der Waals surface area contributed by atoms with Gasteiger partial charge in [0.2, 0.25) is 0 Å². The van der Waals surface area contributed by atoms with Crippen LogP contribution in [0, 0.1) is 0 Å². The Labute approximate surface area is 141 Å². The maximum atomic E-state index is 10.6. The van der Waals surface area contributed by atoms with E-state index in [4.69, 9.17) is 23.7 Å². The predicted molar refractivity (Wildman–Crippen MR) is 86.1 cm³/mol. The average Bonchev–Trinajstić information content (AvgIpc) is 2.60. The molecule has 0 bridgehead atoms. The summed E-state index contributed by atoms with van der Waals surface area (Å²) >= 11 is 0. The van der Waals surface area contributed by atoms with Crippen LogP contribution in [0.5, 0.6) is 0 Å². The maximum Gasteiger partial charge on any atom is 0.187 e. The standard InChI is InChI=1S/C18H24O6/c1-3-9-20-18-15(19)17(22-10-13-7-5-4-6-8-13)16-14(24-18)11-21-12(2)23-16/h3-8,12,14-19H,1,9-11H2,2H3/t12?,14-,15-,16-,17+,18-/m1/s1. The summed E-state index contributed by atoms with van der Waals surface area (Å²) in [6, 6.07) is 9.80. The third-order valence-electron chi connectivity index (χ3n) is 4.12. The van der Waals surface area contributed by atoms with E-state index in [0.29, 0.717) is 13.2 Å². The largest absolute Gasteiger partial charge is 0.385 e. The third kappa shape index (κ3) is 4.03. The molecule has 1 aromatic carbocycles. The Balaban J connectivity index is 1.71. The first-order valence-corrected chi connectivity index (χ1v) is 8.17. The SMILES string of the molecule is C=CCO[C@@H]1O[C@@H]2COC(C)O[C@H]2[C@@H](OCc2ccccc2)[C@H]1O. The van der Waals surface area contributed by atoms with Gasteiger partial charge < -0.3 is 28.8 Å². The summed E-state index contributed by atoms with van der Waals surface area (Å²) in [7, 11) is 0. The zero-order valence-corrected chi connectivity index (χ0v) is 13.7. The molecule has 1 aromatic rings. The van der Waals surface area contributed by atoms with Crippen molar-refractivity contribution in [2.75, 3.05) is 13.2 Å². The minimum atomic E-state index is -0.958. The quantitative estimate of drug-likeness (QED) is 0.797. The van der Waals surface area contributed by atoms with E-state index in [-0.39, 0.29) is 19.0 Å². The highest BCUT2D eigenvalue weighted by Crippen LogP contribution is 2.31. The van der Waals surface area contributed by atoms with Crippen LogP contribution in [0.1, 0.15) is 12.5 Å². The Morgan fingerprint density at radius 1 is 1.25 bits per heavy atom. The highest BCUT2D eigenvalue weighted by Gasteiger charge is 2.49.